The van der Waals surface area contributed by atoms with Crippen LogP contribution in [0.3, 0.4) is 0 Å². The van der Waals surface area contributed by atoms with Crippen LogP contribution in [0.4, 0.5) is 8.78 Å². The molecule has 1 aromatic carbocycles. The second-order valence-electron chi connectivity index (χ2n) is 3.93. The van der Waals surface area contributed by atoms with Crippen LogP contribution in [-0.2, 0) is 4.74 Å². The number of morpholine rings is 1. The summed E-state index contributed by atoms with van der Waals surface area (Å²) in [4.78, 5) is 1.93. The normalized spacial score (nSPS) is 21.1. The van der Waals surface area contributed by atoms with E-state index in [0.29, 0.717) is 31.8 Å². The number of halogens is 2. The lowest BCUT2D eigenvalue weighted by Gasteiger charge is -2.31. The number of nitrogens with zero attached hydrogens (tertiary/aromatic N) is 2. The lowest BCUT2D eigenvalue weighted by molar-refractivity contribution is -0.0256. The number of rotatable bonds is 2. The third-order valence-corrected chi connectivity index (χ3v) is 2.76. The summed E-state index contributed by atoms with van der Waals surface area (Å²) in [5.74, 6) is -1.73. The Kier molecular flexibility index (Phi) is 3.67. The van der Waals surface area contributed by atoms with Gasteiger partial charge in [0.2, 0.25) is 0 Å². The van der Waals surface area contributed by atoms with Crippen LogP contribution in [0, 0.1) is 23.0 Å². The van der Waals surface area contributed by atoms with Gasteiger partial charge < -0.3 is 4.74 Å². The maximum absolute atomic E-state index is 13.1. The maximum Gasteiger partial charge on any atom is 0.159 e. The third-order valence-electron chi connectivity index (χ3n) is 2.76. The van der Waals surface area contributed by atoms with Gasteiger partial charge in [-0.15, -0.1) is 0 Å². The lowest BCUT2D eigenvalue weighted by Crippen LogP contribution is -2.38. The summed E-state index contributed by atoms with van der Waals surface area (Å²) in [6, 6.07) is 5.82. The molecule has 5 heteroatoms. The number of hydrogen-bond donors (Lipinski definition) is 0. The van der Waals surface area contributed by atoms with Gasteiger partial charge in [0.05, 0.1) is 25.3 Å². The number of hydrogen-bond acceptors (Lipinski definition) is 3. The number of nitriles is 1. The van der Waals surface area contributed by atoms with Crippen LogP contribution >= 0.6 is 0 Å². The highest BCUT2D eigenvalue weighted by atomic mass is 19.2. The van der Waals surface area contributed by atoms with Crippen LogP contribution in [0.2, 0.25) is 0 Å². The molecule has 1 unspecified atom stereocenters. The highest BCUT2D eigenvalue weighted by Gasteiger charge is 2.22. The second kappa shape index (κ2) is 5.21. The highest BCUT2D eigenvalue weighted by molar-refractivity contribution is 5.21. The van der Waals surface area contributed by atoms with E-state index in [4.69, 9.17) is 10.00 Å². The standard InChI is InChI=1S/C12H12F2N2O/c13-10-2-1-9(7-11(10)14)12-8-16(4-3-15)5-6-17-12/h1-2,7,12H,4-6,8H2. The zero-order valence-corrected chi connectivity index (χ0v) is 9.20. The van der Waals surface area contributed by atoms with Gasteiger partial charge in [-0.3, -0.25) is 4.90 Å². The molecule has 1 aliphatic rings. The first kappa shape index (κ1) is 12.0. The molecule has 90 valence electrons. The molecule has 0 amide bonds. The molecule has 1 atom stereocenters. The van der Waals surface area contributed by atoms with Crippen molar-refractivity contribution in [2.75, 3.05) is 26.2 Å². The van der Waals surface area contributed by atoms with Crippen molar-refractivity contribution >= 4 is 0 Å². The van der Waals surface area contributed by atoms with Crippen molar-refractivity contribution < 1.29 is 13.5 Å². The summed E-state index contributed by atoms with van der Waals surface area (Å²) in [6.45, 7) is 2.03. The molecule has 0 aromatic heterocycles. The van der Waals surface area contributed by atoms with Crippen LogP contribution in [0.5, 0.6) is 0 Å². The molecule has 3 nitrogen and oxygen atoms in total. The minimum absolute atomic E-state index is 0.299. The lowest BCUT2D eigenvalue weighted by atomic mass is 10.1. The van der Waals surface area contributed by atoms with E-state index in [1.165, 1.54) is 6.07 Å². The molecule has 0 spiro atoms. The Morgan fingerprint density at radius 1 is 1.41 bits per heavy atom. The minimum atomic E-state index is -0.872. The Morgan fingerprint density at radius 3 is 2.94 bits per heavy atom. The predicted octanol–water partition coefficient (Wildman–Crippen LogP) is 1.86. The van der Waals surface area contributed by atoms with Crippen LogP contribution < -0.4 is 0 Å². The van der Waals surface area contributed by atoms with Gasteiger partial charge in [-0.2, -0.15) is 5.26 Å². The summed E-state index contributed by atoms with van der Waals surface area (Å²) in [6.07, 6.45) is -0.299. The summed E-state index contributed by atoms with van der Waals surface area (Å²) in [5.41, 5.74) is 0.603. The Balaban J connectivity index is 2.11. The van der Waals surface area contributed by atoms with Gasteiger partial charge >= 0.3 is 0 Å². The minimum Gasteiger partial charge on any atom is -0.371 e. The van der Waals surface area contributed by atoms with E-state index in [0.717, 1.165) is 12.1 Å². The van der Waals surface area contributed by atoms with Gasteiger partial charge in [-0.05, 0) is 17.7 Å². The van der Waals surface area contributed by atoms with E-state index >= 15 is 0 Å². The zero-order chi connectivity index (χ0) is 12.3. The fourth-order valence-electron chi connectivity index (χ4n) is 1.86. The van der Waals surface area contributed by atoms with Crippen LogP contribution in [0.1, 0.15) is 11.7 Å². The van der Waals surface area contributed by atoms with E-state index in [2.05, 4.69) is 6.07 Å². The third kappa shape index (κ3) is 2.78. The van der Waals surface area contributed by atoms with Crippen molar-refractivity contribution in [3.05, 3.63) is 35.4 Å². The first-order valence-electron chi connectivity index (χ1n) is 5.36. The smallest absolute Gasteiger partial charge is 0.159 e. The summed E-state index contributed by atoms with van der Waals surface area (Å²) in [7, 11) is 0. The van der Waals surface area contributed by atoms with Gasteiger partial charge in [0.25, 0.3) is 0 Å². The molecule has 0 N–H and O–H groups in total. The molecular formula is C12H12F2N2O. The van der Waals surface area contributed by atoms with Crippen LogP contribution in [0.25, 0.3) is 0 Å². The summed E-state index contributed by atoms with van der Waals surface area (Å²) < 4.78 is 31.4. The Morgan fingerprint density at radius 2 is 2.24 bits per heavy atom. The van der Waals surface area contributed by atoms with E-state index in [1.807, 2.05) is 4.90 Å². The van der Waals surface area contributed by atoms with Gasteiger partial charge in [0.15, 0.2) is 11.6 Å². The zero-order valence-electron chi connectivity index (χ0n) is 9.20. The molecule has 1 aliphatic heterocycles. The number of ether oxygens (including phenoxy) is 1. The van der Waals surface area contributed by atoms with Crippen molar-refractivity contribution in [1.29, 1.82) is 5.26 Å². The fourth-order valence-corrected chi connectivity index (χ4v) is 1.86. The van der Waals surface area contributed by atoms with E-state index in [9.17, 15) is 8.78 Å². The Labute approximate surface area is 98.2 Å². The van der Waals surface area contributed by atoms with E-state index in [-0.39, 0.29) is 6.10 Å². The molecule has 1 fully saturated rings. The van der Waals surface area contributed by atoms with Crippen molar-refractivity contribution in [3.63, 3.8) is 0 Å². The highest BCUT2D eigenvalue weighted by Crippen LogP contribution is 2.23. The SMILES string of the molecule is N#CCN1CCOC(c2ccc(F)c(F)c2)C1. The molecule has 1 saturated heterocycles. The van der Waals surface area contributed by atoms with Gasteiger partial charge in [0.1, 0.15) is 0 Å². The molecular weight excluding hydrogens is 226 g/mol. The van der Waals surface area contributed by atoms with E-state index in [1.54, 1.807) is 0 Å². The Hall–Kier alpha value is -1.51. The van der Waals surface area contributed by atoms with Gasteiger partial charge in [-0.1, -0.05) is 6.07 Å². The summed E-state index contributed by atoms with van der Waals surface area (Å²) >= 11 is 0. The molecule has 2 rings (SSSR count). The average molecular weight is 238 g/mol. The average Bonchev–Trinajstić information content (AvgIpc) is 2.33. The quantitative estimate of drug-likeness (QED) is 0.738. The largest absolute Gasteiger partial charge is 0.371 e. The monoisotopic (exact) mass is 238 g/mol. The summed E-state index contributed by atoms with van der Waals surface area (Å²) in [5, 5.41) is 8.61. The van der Waals surface area contributed by atoms with Gasteiger partial charge in [-0.25, -0.2) is 8.78 Å². The second-order valence-corrected chi connectivity index (χ2v) is 3.93. The molecule has 1 heterocycles. The van der Waals surface area contributed by atoms with Crippen molar-refractivity contribution in [3.8, 4) is 6.07 Å². The van der Waals surface area contributed by atoms with Gasteiger partial charge in [0, 0.05) is 13.1 Å². The molecule has 17 heavy (non-hydrogen) atoms. The van der Waals surface area contributed by atoms with Crippen LogP contribution in [0.15, 0.2) is 18.2 Å². The fraction of sp³-hybridized carbons (Fsp3) is 0.417. The molecule has 1 aromatic rings. The molecule has 0 saturated carbocycles. The topological polar surface area (TPSA) is 36.3 Å². The first-order chi connectivity index (χ1) is 8.20. The van der Waals surface area contributed by atoms with E-state index < -0.39 is 11.6 Å². The molecule has 0 radical (unpaired) electrons. The number of benzene rings is 1. The maximum atomic E-state index is 13.1. The Bertz CT molecular complexity index is 445. The van der Waals surface area contributed by atoms with Crippen molar-refractivity contribution in [2.24, 2.45) is 0 Å². The molecule has 0 bridgehead atoms. The van der Waals surface area contributed by atoms with Crippen LogP contribution in [-0.4, -0.2) is 31.1 Å². The molecule has 0 aliphatic carbocycles. The first-order valence-corrected chi connectivity index (χ1v) is 5.36. The van der Waals surface area contributed by atoms with Crippen molar-refractivity contribution in [2.45, 2.75) is 6.10 Å². The van der Waals surface area contributed by atoms with Crippen molar-refractivity contribution in [1.82, 2.24) is 4.90 Å². The predicted molar refractivity (Wildman–Crippen MR) is 57.1 cm³/mol.